The number of hydrogen-bond acceptors (Lipinski definition) is 3. The van der Waals surface area contributed by atoms with Crippen molar-refractivity contribution in [3.05, 3.63) is 146 Å². The van der Waals surface area contributed by atoms with E-state index < -0.39 is 12.1 Å². The standard InChI is InChI=1S/C65H107NO3/c1-3-5-7-9-11-13-15-17-19-21-23-24-25-26-27-28-29-30-31-32-33-34-35-36-37-38-39-40-41-42-43-45-47-49-51-53-55-57-59-61-65(69)66-63(62-67)64(68)60-58-56-54-52-50-48-46-44-22-20-18-16-14-12-10-8-6-4-2/h5,7,11,13,17,19,23-24,26-27,29-30,32-33,35-36,38-39,41-42,45,47,51,53,63-64,67-68H,3-4,6,8-10,12,14-16,18,20-22,25,28,31,34,37,40,43-44,46,48-50,52,54-62H2,1-2H3,(H,66,69)/b7-5-,13-11-,19-17-,24-23-,27-26-,30-29-,33-32-,36-35-,39-38-,42-41-,47-45-,53-51-. The maximum Gasteiger partial charge on any atom is 0.220 e. The van der Waals surface area contributed by atoms with Gasteiger partial charge in [0.2, 0.25) is 5.91 Å². The van der Waals surface area contributed by atoms with Crippen LogP contribution in [0.5, 0.6) is 0 Å². The van der Waals surface area contributed by atoms with Gasteiger partial charge in [-0.1, -0.05) is 275 Å². The number of nitrogens with one attached hydrogen (secondary N) is 1. The van der Waals surface area contributed by atoms with Crippen LogP contribution in [0.15, 0.2) is 146 Å². The molecule has 0 saturated heterocycles. The van der Waals surface area contributed by atoms with Crippen LogP contribution >= 0.6 is 0 Å². The van der Waals surface area contributed by atoms with E-state index in [0.717, 1.165) is 109 Å². The minimum Gasteiger partial charge on any atom is -0.394 e. The molecule has 0 aliphatic carbocycles. The first kappa shape index (κ1) is 65.3. The van der Waals surface area contributed by atoms with Crippen LogP contribution in [0.4, 0.5) is 0 Å². The van der Waals surface area contributed by atoms with E-state index in [0.29, 0.717) is 12.8 Å². The normalized spacial score (nSPS) is 14.0. The second-order valence-corrected chi connectivity index (χ2v) is 18.6. The molecule has 0 heterocycles. The van der Waals surface area contributed by atoms with E-state index in [-0.39, 0.29) is 12.5 Å². The third-order valence-electron chi connectivity index (χ3n) is 12.1. The van der Waals surface area contributed by atoms with E-state index in [4.69, 9.17) is 0 Å². The summed E-state index contributed by atoms with van der Waals surface area (Å²) in [5, 5.41) is 23.3. The Morgan fingerprint density at radius 3 is 0.928 bits per heavy atom. The Morgan fingerprint density at radius 1 is 0.362 bits per heavy atom. The van der Waals surface area contributed by atoms with Gasteiger partial charge in [-0.25, -0.2) is 0 Å². The number of allylic oxidation sites excluding steroid dienone is 24. The van der Waals surface area contributed by atoms with Crippen molar-refractivity contribution in [3.8, 4) is 0 Å². The van der Waals surface area contributed by atoms with Crippen molar-refractivity contribution in [3.63, 3.8) is 0 Å². The van der Waals surface area contributed by atoms with Crippen molar-refractivity contribution >= 4 is 5.91 Å². The molecule has 390 valence electrons. The number of hydrogen-bond donors (Lipinski definition) is 3. The Labute approximate surface area is 427 Å². The molecule has 4 nitrogen and oxygen atoms in total. The Balaban J connectivity index is 3.70. The monoisotopic (exact) mass is 950 g/mol. The summed E-state index contributed by atoms with van der Waals surface area (Å²) in [4.78, 5) is 12.5. The maximum absolute atomic E-state index is 12.5. The predicted molar refractivity (Wildman–Crippen MR) is 308 cm³/mol. The van der Waals surface area contributed by atoms with Gasteiger partial charge in [0.25, 0.3) is 0 Å². The first-order valence-corrected chi connectivity index (χ1v) is 28.5. The van der Waals surface area contributed by atoms with Gasteiger partial charge in [0, 0.05) is 6.42 Å². The Hall–Kier alpha value is -3.73. The van der Waals surface area contributed by atoms with Crippen molar-refractivity contribution in [1.29, 1.82) is 0 Å². The first-order valence-electron chi connectivity index (χ1n) is 28.5. The average Bonchev–Trinajstić information content (AvgIpc) is 3.35. The summed E-state index contributed by atoms with van der Waals surface area (Å²) in [6.45, 7) is 4.23. The van der Waals surface area contributed by atoms with Crippen LogP contribution in [-0.4, -0.2) is 34.9 Å². The lowest BCUT2D eigenvalue weighted by molar-refractivity contribution is -0.123. The zero-order valence-corrected chi connectivity index (χ0v) is 44.8. The smallest absolute Gasteiger partial charge is 0.220 e. The number of unbranched alkanes of at least 4 members (excludes halogenated alkanes) is 19. The lowest BCUT2D eigenvalue weighted by Crippen LogP contribution is -2.45. The molecule has 2 unspecified atom stereocenters. The molecule has 0 aromatic heterocycles. The summed E-state index contributed by atoms with van der Waals surface area (Å²) >= 11 is 0. The Bertz CT molecular complexity index is 1450. The predicted octanol–water partition coefficient (Wildman–Crippen LogP) is 19.2. The van der Waals surface area contributed by atoms with Crippen molar-refractivity contribution in [1.82, 2.24) is 5.32 Å². The van der Waals surface area contributed by atoms with Gasteiger partial charge in [-0.2, -0.15) is 0 Å². The SMILES string of the molecule is CC/C=C\C/C=C\C/C=C\C/C=C\C/C=C\C/C=C\C/C=C\C/C=C\C/C=C\C/C=C\C/C=C\C/C=C\CCCCC(=O)NC(CO)C(O)CCCCCCCCCCCCCCCCCCCC. The summed E-state index contributed by atoms with van der Waals surface area (Å²) in [5.41, 5.74) is 0. The van der Waals surface area contributed by atoms with Gasteiger partial charge in [-0.15, -0.1) is 0 Å². The van der Waals surface area contributed by atoms with E-state index in [2.05, 4.69) is 165 Å². The first-order chi connectivity index (χ1) is 34.2. The van der Waals surface area contributed by atoms with Crippen LogP contribution in [0.1, 0.15) is 239 Å². The van der Waals surface area contributed by atoms with E-state index in [1.54, 1.807) is 0 Å². The number of aliphatic hydroxyl groups is 2. The van der Waals surface area contributed by atoms with Crippen LogP contribution in [0.3, 0.4) is 0 Å². The highest BCUT2D eigenvalue weighted by Crippen LogP contribution is 2.16. The van der Waals surface area contributed by atoms with Crippen LogP contribution in [0, 0.1) is 0 Å². The molecular weight excluding hydrogens is 843 g/mol. The molecule has 0 fully saturated rings. The van der Waals surface area contributed by atoms with Crippen molar-refractivity contribution < 1.29 is 15.0 Å². The van der Waals surface area contributed by atoms with E-state index in [9.17, 15) is 15.0 Å². The van der Waals surface area contributed by atoms with Crippen LogP contribution in [-0.2, 0) is 4.79 Å². The van der Waals surface area contributed by atoms with Gasteiger partial charge in [0.1, 0.15) is 0 Å². The summed E-state index contributed by atoms with van der Waals surface area (Å²) in [7, 11) is 0. The zero-order valence-electron chi connectivity index (χ0n) is 44.8. The second-order valence-electron chi connectivity index (χ2n) is 18.6. The molecule has 0 aromatic rings. The fourth-order valence-electron chi connectivity index (χ4n) is 7.81. The number of carbonyl (C=O) groups is 1. The second kappa shape index (κ2) is 58.6. The number of aliphatic hydroxyl groups excluding tert-OH is 2. The van der Waals surface area contributed by atoms with Crippen molar-refractivity contribution in [2.75, 3.05) is 6.61 Å². The zero-order chi connectivity index (χ0) is 49.9. The number of amides is 1. The molecule has 4 heteroatoms. The van der Waals surface area contributed by atoms with Gasteiger partial charge in [0.05, 0.1) is 18.8 Å². The Morgan fingerprint density at radius 2 is 0.638 bits per heavy atom. The van der Waals surface area contributed by atoms with Gasteiger partial charge < -0.3 is 15.5 Å². The van der Waals surface area contributed by atoms with E-state index in [1.807, 2.05) is 0 Å². The number of carbonyl (C=O) groups excluding carboxylic acids is 1. The highest BCUT2D eigenvalue weighted by molar-refractivity contribution is 5.76. The maximum atomic E-state index is 12.5. The molecule has 0 radical (unpaired) electrons. The molecule has 69 heavy (non-hydrogen) atoms. The molecule has 0 aliphatic heterocycles. The largest absolute Gasteiger partial charge is 0.394 e. The van der Waals surface area contributed by atoms with Crippen LogP contribution in [0.2, 0.25) is 0 Å². The molecule has 3 N–H and O–H groups in total. The molecule has 0 spiro atoms. The molecule has 0 bridgehead atoms. The van der Waals surface area contributed by atoms with Gasteiger partial charge in [-0.3, -0.25) is 4.79 Å². The van der Waals surface area contributed by atoms with E-state index in [1.165, 1.54) is 103 Å². The fraction of sp³-hybridized carbons (Fsp3) is 0.615. The topological polar surface area (TPSA) is 69.6 Å². The van der Waals surface area contributed by atoms with Gasteiger partial charge >= 0.3 is 0 Å². The fourth-order valence-corrected chi connectivity index (χ4v) is 7.81. The summed E-state index contributed by atoms with van der Waals surface area (Å²) in [5.74, 6) is -0.0782. The molecule has 0 rings (SSSR count). The lowest BCUT2D eigenvalue weighted by atomic mass is 10.0. The van der Waals surface area contributed by atoms with Crippen molar-refractivity contribution in [2.24, 2.45) is 0 Å². The minimum absolute atomic E-state index is 0.0782. The van der Waals surface area contributed by atoms with E-state index >= 15 is 0 Å². The summed E-state index contributed by atoms with van der Waals surface area (Å²) < 4.78 is 0. The summed E-state index contributed by atoms with van der Waals surface area (Å²) in [6, 6.07) is -0.571. The summed E-state index contributed by atoms with van der Waals surface area (Å²) in [6.07, 6.45) is 92.5. The molecule has 0 aliphatic rings. The highest BCUT2D eigenvalue weighted by Gasteiger charge is 2.20. The molecular formula is C65H107NO3. The Kier molecular flexibility index (Phi) is 55.4. The quantitative estimate of drug-likeness (QED) is 0.0420. The third kappa shape index (κ3) is 55.1. The highest BCUT2D eigenvalue weighted by atomic mass is 16.3. The molecule has 0 saturated carbocycles. The molecule has 2 atom stereocenters. The lowest BCUT2D eigenvalue weighted by Gasteiger charge is -2.22. The van der Waals surface area contributed by atoms with Crippen LogP contribution in [0.25, 0.3) is 0 Å². The third-order valence-corrected chi connectivity index (χ3v) is 12.1. The van der Waals surface area contributed by atoms with Gasteiger partial charge in [-0.05, 0) is 103 Å². The average molecular weight is 951 g/mol. The molecule has 0 aromatic carbocycles. The molecule has 1 amide bonds. The van der Waals surface area contributed by atoms with Gasteiger partial charge in [0.15, 0.2) is 0 Å². The van der Waals surface area contributed by atoms with Crippen LogP contribution < -0.4 is 5.32 Å². The minimum atomic E-state index is -0.689. The van der Waals surface area contributed by atoms with Crippen molar-refractivity contribution in [2.45, 2.75) is 251 Å². The number of rotatable bonds is 50.